The Bertz CT molecular complexity index is 239. The lowest BCUT2D eigenvalue weighted by Crippen LogP contribution is -2.09. The van der Waals surface area contributed by atoms with E-state index in [2.05, 4.69) is 4.98 Å². The first-order valence-corrected chi connectivity index (χ1v) is 2.80. The van der Waals surface area contributed by atoms with Crippen LogP contribution in [0.25, 0.3) is 0 Å². The Labute approximate surface area is 60.6 Å². The van der Waals surface area contributed by atoms with Gasteiger partial charge in [-0.25, -0.2) is 4.98 Å². The number of methoxy groups -OCH3 is 1. The highest BCUT2D eigenvalue weighted by molar-refractivity contribution is 6.30. The van der Waals surface area contributed by atoms with E-state index in [0.717, 1.165) is 0 Å². The molecule has 0 aliphatic rings. The number of nitrogen functional groups attached to an aromatic ring is 1. The average Bonchev–Trinajstić information content (AvgIpc) is 1.94. The van der Waals surface area contributed by atoms with Crippen LogP contribution in [0.3, 0.4) is 0 Å². The Kier molecular flexibility index (Phi) is 1.80. The lowest BCUT2D eigenvalue weighted by Gasteiger charge is -2.02. The molecule has 3 nitrogen and oxygen atoms in total. The highest BCUT2D eigenvalue weighted by Crippen LogP contribution is 2.13. The molecule has 2 radical (unpaired) electrons. The molecular weight excluding hydrogens is 127 g/mol. The van der Waals surface area contributed by atoms with Gasteiger partial charge in [-0.15, -0.1) is 0 Å². The standard InChI is InChI=1S/C6H7BN2O/c1-10-6-4(8)2-3-5(7)9-6/h2-3H,8H2,1H3. The van der Waals surface area contributed by atoms with Gasteiger partial charge in [-0.05, 0) is 17.7 Å². The number of hydrogen-bond donors (Lipinski definition) is 1. The summed E-state index contributed by atoms with van der Waals surface area (Å²) in [5, 5.41) is 0. The van der Waals surface area contributed by atoms with Gasteiger partial charge < -0.3 is 10.5 Å². The molecule has 0 aromatic carbocycles. The van der Waals surface area contributed by atoms with Crippen LogP contribution in [0.15, 0.2) is 12.1 Å². The number of aromatic nitrogens is 1. The summed E-state index contributed by atoms with van der Waals surface area (Å²) in [6.45, 7) is 0. The molecule has 0 saturated heterocycles. The van der Waals surface area contributed by atoms with E-state index in [0.29, 0.717) is 17.2 Å². The van der Waals surface area contributed by atoms with Crippen LogP contribution in [0.4, 0.5) is 5.69 Å². The third-order valence-electron chi connectivity index (χ3n) is 1.10. The number of anilines is 1. The fourth-order valence-electron chi connectivity index (χ4n) is 0.629. The third kappa shape index (κ3) is 1.21. The van der Waals surface area contributed by atoms with Crippen LogP contribution < -0.4 is 16.1 Å². The van der Waals surface area contributed by atoms with Crippen LogP contribution in [0, 0.1) is 0 Å². The summed E-state index contributed by atoms with van der Waals surface area (Å²) in [5.74, 6) is 0.375. The molecule has 1 rings (SSSR count). The van der Waals surface area contributed by atoms with E-state index in [1.54, 1.807) is 12.1 Å². The summed E-state index contributed by atoms with van der Waals surface area (Å²) in [7, 11) is 6.85. The van der Waals surface area contributed by atoms with Crippen LogP contribution >= 0.6 is 0 Å². The van der Waals surface area contributed by atoms with Crippen molar-refractivity contribution in [2.24, 2.45) is 0 Å². The fraction of sp³-hybridized carbons (Fsp3) is 0.167. The molecule has 0 atom stereocenters. The fourth-order valence-corrected chi connectivity index (χ4v) is 0.629. The van der Waals surface area contributed by atoms with E-state index < -0.39 is 0 Å². The van der Waals surface area contributed by atoms with Crippen LogP contribution in [-0.4, -0.2) is 19.9 Å². The lowest BCUT2D eigenvalue weighted by molar-refractivity contribution is 0.401. The summed E-state index contributed by atoms with van der Waals surface area (Å²) < 4.78 is 4.81. The van der Waals surface area contributed by atoms with E-state index in [-0.39, 0.29) is 0 Å². The van der Waals surface area contributed by atoms with Crippen molar-refractivity contribution < 1.29 is 4.74 Å². The minimum Gasteiger partial charge on any atom is -0.480 e. The summed E-state index contributed by atoms with van der Waals surface area (Å²) in [4.78, 5) is 3.82. The quantitative estimate of drug-likeness (QED) is 0.525. The molecule has 50 valence electrons. The van der Waals surface area contributed by atoms with Crippen molar-refractivity contribution >= 4 is 19.1 Å². The van der Waals surface area contributed by atoms with Crippen molar-refractivity contribution in [1.29, 1.82) is 0 Å². The van der Waals surface area contributed by atoms with Crippen molar-refractivity contribution in [1.82, 2.24) is 4.98 Å². The van der Waals surface area contributed by atoms with E-state index >= 15 is 0 Å². The van der Waals surface area contributed by atoms with Crippen molar-refractivity contribution in [3.8, 4) is 5.88 Å². The first kappa shape index (κ1) is 6.93. The maximum absolute atomic E-state index is 5.46. The highest BCUT2D eigenvalue weighted by atomic mass is 16.5. The SMILES string of the molecule is [B]c1ccc(N)c(OC)n1. The zero-order valence-electron chi connectivity index (χ0n) is 5.66. The van der Waals surface area contributed by atoms with Crippen LogP contribution in [0.5, 0.6) is 5.88 Å². The van der Waals surface area contributed by atoms with E-state index in [1.807, 2.05) is 0 Å². The number of pyridine rings is 1. The maximum Gasteiger partial charge on any atom is 0.236 e. The summed E-state index contributed by atoms with van der Waals surface area (Å²) in [6.07, 6.45) is 0. The number of ether oxygens (including phenoxy) is 1. The predicted octanol–water partition coefficient (Wildman–Crippen LogP) is -0.534. The Balaban J connectivity index is 3.09. The van der Waals surface area contributed by atoms with Gasteiger partial charge in [0.25, 0.3) is 0 Å². The molecular formula is C6H7BN2O. The zero-order chi connectivity index (χ0) is 7.56. The second-order valence-electron chi connectivity index (χ2n) is 1.83. The Morgan fingerprint density at radius 2 is 2.30 bits per heavy atom. The second-order valence-corrected chi connectivity index (χ2v) is 1.83. The van der Waals surface area contributed by atoms with Crippen LogP contribution in [-0.2, 0) is 0 Å². The Morgan fingerprint density at radius 1 is 1.60 bits per heavy atom. The normalized spacial score (nSPS) is 9.30. The molecule has 0 spiro atoms. The van der Waals surface area contributed by atoms with E-state index in [4.69, 9.17) is 18.3 Å². The molecule has 10 heavy (non-hydrogen) atoms. The molecule has 1 aromatic heterocycles. The summed E-state index contributed by atoms with van der Waals surface area (Å²) in [5.41, 5.74) is 6.36. The van der Waals surface area contributed by atoms with Gasteiger partial charge in [-0.1, -0.05) is 0 Å². The number of nitrogens with zero attached hydrogens (tertiary/aromatic N) is 1. The zero-order valence-corrected chi connectivity index (χ0v) is 5.66. The van der Waals surface area contributed by atoms with Gasteiger partial charge in [-0.2, -0.15) is 0 Å². The summed E-state index contributed by atoms with van der Waals surface area (Å²) in [6, 6.07) is 3.28. The summed E-state index contributed by atoms with van der Waals surface area (Å²) >= 11 is 0. The molecule has 0 bridgehead atoms. The van der Waals surface area contributed by atoms with Crippen molar-refractivity contribution in [3.63, 3.8) is 0 Å². The Morgan fingerprint density at radius 3 is 2.80 bits per heavy atom. The van der Waals surface area contributed by atoms with Gasteiger partial charge in [-0.3, -0.25) is 0 Å². The molecule has 1 heterocycles. The van der Waals surface area contributed by atoms with Gasteiger partial charge >= 0.3 is 0 Å². The minimum atomic E-state index is 0.375. The lowest BCUT2D eigenvalue weighted by atomic mass is 10.0. The number of hydrogen-bond acceptors (Lipinski definition) is 3. The van der Waals surface area contributed by atoms with Gasteiger partial charge in [0.1, 0.15) is 7.85 Å². The third-order valence-corrected chi connectivity index (χ3v) is 1.10. The minimum absolute atomic E-state index is 0.375. The van der Waals surface area contributed by atoms with Crippen molar-refractivity contribution in [3.05, 3.63) is 12.1 Å². The van der Waals surface area contributed by atoms with Crippen LogP contribution in [0.1, 0.15) is 0 Å². The first-order chi connectivity index (χ1) is 4.74. The van der Waals surface area contributed by atoms with E-state index in [9.17, 15) is 0 Å². The maximum atomic E-state index is 5.46. The molecule has 0 amide bonds. The molecule has 2 N–H and O–H groups in total. The van der Waals surface area contributed by atoms with Gasteiger partial charge in [0, 0.05) is 0 Å². The second kappa shape index (κ2) is 2.60. The first-order valence-electron chi connectivity index (χ1n) is 2.80. The molecule has 0 fully saturated rings. The molecule has 0 saturated carbocycles. The molecule has 4 heteroatoms. The topological polar surface area (TPSA) is 48.1 Å². The van der Waals surface area contributed by atoms with Crippen molar-refractivity contribution in [2.45, 2.75) is 0 Å². The molecule has 1 aromatic rings. The molecule has 0 aliphatic carbocycles. The van der Waals surface area contributed by atoms with E-state index in [1.165, 1.54) is 7.11 Å². The average molecular weight is 134 g/mol. The monoisotopic (exact) mass is 134 g/mol. The predicted molar refractivity (Wildman–Crippen MR) is 40.6 cm³/mol. The molecule has 0 aliphatic heterocycles. The Hall–Kier alpha value is -1.19. The number of rotatable bonds is 1. The largest absolute Gasteiger partial charge is 0.480 e. The van der Waals surface area contributed by atoms with Crippen molar-refractivity contribution in [2.75, 3.05) is 12.8 Å². The van der Waals surface area contributed by atoms with Crippen LogP contribution in [0.2, 0.25) is 0 Å². The smallest absolute Gasteiger partial charge is 0.236 e. The molecule has 0 unspecified atom stereocenters. The van der Waals surface area contributed by atoms with Gasteiger partial charge in [0.15, 0.2) is 0 Å². The number of nitrogens with two attached hydrogens (primary N) is 1. The van der Waals surface area contributed by atoms with Gasteiger partial charge in [0.05, 0.1) is 12.8 Å². The van der Waals surface area contributed by atoms with Gasteiger partial charge in [0.2, 0.25) is 5.88 Å². The highest BCUT2D eigenvalue weighted by Gasteiger charge is 1.97.